The third kappa shape index (κ3) is 12.1. The van der Waals surface area contributed by atoms with E-state index in [9.17, 15) is 0 Å². The van der Waals surface area contributed by atoms with Gasteiger partial charge in [-0.3, -0.25) is 0 Å². The second-order valence-corrected chi connectivity index (χ2v) is 20.2. The number of aryl methyl sites for hydroxylation is 6. The van der Waals surface area contributed by atoms with E-state index < -0.39 is 0 Å². The molecule has 12 rings (SSSR count). The van der Waals surface area contributed by atoms with E-state index in [1.807, 2.05) is 44.2 Å². The fraction of sp³-hybridized carbons (Fsp3) is 0.194. The standard InChI is InChI=1S/C26H26.2C13H12.C11H10.C7H8.C2H6/c1-15-7-9-17-19-13-24-20(14-23(19)25(3,4)21(17)11-15)18-10-8-16(2)12-22(18)26(24,5)6;2*1-11-7-9-13(10-8-11)12-5-3-2-4-6-12;1-9-5-4-7-10-6-2-3-8-11(9)10;1-7-5-3-2-4-6-7;1-2/h7-14H,1-6H3;2*2-10H,1H3;2-8H,1H3;2-6H,1H3;1-2H3. The van der Waals surface area contributed by atoms with Crippen molar-refractivity contribution in [2.45, 2.75) is 93.9 Å². The Morgan fingerprint density at radius 1 is 0.250 bits per heavy atom. The Morgan fingerprint density at radius 2 is 0.569 bits per heavy atom. The molecule has 0 saturated heterocycles. The summed E-state index contributed by atoms with van der Waals surface area (Å²) in [7, 11) is 0. The average Bonchev–Trinajstić information content (AvgIpc) is 3.76. The smallest absolute Gasteiger partial charge is 0.0159 e. The van der Waals surface area contributed by atoms with Crippen LogP contribution in [0.4, 0.5) is 0 Å². The second kappa shape index (κ2) is 23.6. The number of benzene rings is 10. The molecule has 0 bridgehead atoms. The normalized spacial score (nSPS) is 12.4. The van der Waals surface area contributed by atoms with Gasteiger partial charge in [-0.15, -0.1) is 0 Å². The Morgan fingerprint density at radius 3 is 0.958 bits per heavy atom. The number of hydrogen-bond donors (Lipinski definition) is 0. The van der Waals surface area contributed by atoms with Gasteiger partial charge in [-0.05, 0) is 137 Å². The highest BCUT2D eigenvalue weighted by Gasteiger charge is 2.41. The van der Waals surface area contributed by atoms with Crippen molar-refractivity contribution in [1.82, 2.24) is 0 Å². The Hall–Kier alpha value is -7.54. The van der Waals surface area contributed by atoms with Crippen LogP contribution in [0.15, 0.2) is 231 Å². The molecule has 0 N–H and O–H groups in total. The lowest BCUT2D eigenvalue weighted by Crippen LogP contribution is -2.17. The van der Waals surface area contributed by atoms with Crippen molar-refractivity contribution in [3.05, 3.63) is 286 Å². The molecular weight excluding hydrogens is 865 g/mol. The molecular formula is C72H74. The lowest BCUT2D eigenvalue weighted by atomic mass is 9.79. The van der Waals surface area contributed by atoms with Crippen molar-refractivity contribution < 1.29 is 0 Å². The van der Waals surface area contributed by atoms with E-state index >= 15 is 0 Å². The largest absolute Gasteiger partial charge is 0.0683 e. The van der Waals surface area contributed by atoms with E-state index in [0.29, 0.717) is 0 Å². The fourth-order valence-electron chi connectivity index (χ4n) is 9.86. The zero-order valence-electron chi connectivity index (χ0n) is 44.9. The van der Waals surface area contributed by atoms with Crippen LogP contribution in [0.2, 0.25) is 0 Å². The molecule has 0 heteroatoms. The Balaban J connectivity index is 0.000000141. The molecule has 0 nitrogen and oxygen atoms in total. The minimum Gasteiger partial charge on any atom is -0.0683 e. The monoisotopic (exact) mass is 939 g/mol. The summed E-state index contributed by atoms with van der Waals surface area (Å²) in [5.41, 5.74) is 24.8. The first-order valence-corrected chi connectivity index (χ1v) is 25.8. The summed E-state index contributed by atoms with van der Waals surface area (Å²) in [6.45, 7) is 26.3. The van der Waals surface area contributed by atoms with Crippen LogP contribution in [0.3, 0.4) is 0 Å². The third-order valence-electron chi connectivity index (χ3n) is 14.0. The lowest BCUT2D eigenvalue weighted by Gasteiger charge is -2.24. The van der Waals surface area contributed by atoms with Crippen LogP contribution in [0, 0.1) is 41.5 Å². The molecule has 10 aromatic rings. The average molecular weight is 939 g/mol. The molecule has 0 unspecified atom stereocenters. The second-order valence-electron chi connectivity index (χ2n) is 20.2. The lowest BCUT2D eigenvalue weighted by molar-refractivity contribution is 0.651. The van der Waals surface area contributed by atoms with Crippen molar-refractivity contribution in [3.8, 4) is 44.5 Å². The van der Waals surface area contributed by atoms with Crippen LogP contribution in [0.1, 0.15) is 97.2 Å². The first-order valence-electron chi connectivity index (χ1n) is 25.8. The molecule has 0 saturated carbocycles. The van der Waals surface area contributed by atoms with Gasteiger partial charge in [-0.1, -0.05) is 288 Å². The van der Waals surface area contributed by atoms with E-state index in [1.54, 1.807) is 0 Å². The predicted octanol–water partition coefficient (Wildman–Crippen LogP) is 20.4. The molecule has 362 valence electrons. The topological polar surface area (TPSA) is 0 Å². The van der Waals surface area contributed by atoms with Crippen molar-refractivity contribution in [2.75, 3.05) is 0 Å². The molecule has 0 amide bonds. The van der Waals surface area contributed by atoms with Gasteiger partial charge in [-0.25, -0.2) is 0 Å². The quantitative estimate of drug-likeness (QED) is 0.162. The molecule has 2 aliphatic rings. The van der Waals surface area contributed by atoms with E-state index in [4.69, 9.17) is 0 Å². The first kappa shape index (κ1) is 52.3. The Kier molecular flexibility index (Phi) is 17.1. The van der Waals surface area contributed by atoms with Crippen LogP contribution in [-0.2, 0) is 10.8 Å². The summed E-state index contributed by atoms with van der Waals surface area (Å²) >= 11 is 0. The number of rotatable bonds is 2. The highest BCUT2D eigenvalue weighted by Crippen LogP contribution is 2.56. The molecule has 0 heterocycles. The van der Waals surface area contributed by atoms with Gasteiger partial charge in [0.25, 0.3) is 0 Å². The summed E-state index contributed by atoms with van der Waals surface area (Å²) in [6, 6.07) is 82.0. The highest BCUT2D eigenvalue weighted by atomic mass is 14.4. The van der Waals surface area contributed by atoms with E-state index in [2.05, 4.69) is 269 Å². The maximum atomic E-state index is 2.49. The maximum Gasteiger partial charge on any atom is 0.0159 e. The van der Waals surface area contributed by atoms with Crippen molar-refractivity contribution >= 4 is 10.8 Å². The Labute approximate surface area is 433 Å². The fourth-order valence-corrected chi connectivity index (χ4v) is 9.86. The molecule has 0 aromatic heterocycles. The minimum atomic E-state index is 0.0588. The van der Waals surface area contributed by atoms with Gasteiger partial charge in [0, 0.05) is 10.8 Å². The molecule has 10 aromatic carbocycles. The number of hydrogen-bond acceptors (Lipinski definition) is 0. The predicted molar refractivity (Wildman–Crippen MR) is 315 cm³/mol. The van der Waals surface area contributed by atoms with Crippen LogP contribution < -0.4 is 0 Å². The number of fused-ring (bicyclic) bond motifs is 7. The summed E-state index contributed by atoms with van der Waals surface area (Å²) in [4.78, 5) is 0. The van der Waals surface area contributed by atoms with Crippen molar-refractivity contribution in [1.29, 1.82) is 0 Å². The summed E-state index contributed by atoms with van der Waals surface area (Å²) < 4.78 is 0. The zero-order chi connectivity index (χ0) is 51.4. The molecule has 2 aliphatic carbocycles. The van der Waals surface area contributed by atoms with Crippen molar-refractivity contribution in [3.63, 3.8) is 0 Å². The van der Waals surface area contributed by atoms with Gasteiger partial charge >= 0.3 is 0 Å². The van der Waals surface area contributed by atoms with E-state index in [-0.39, 0.29) is 10.8 Å². The third-order valence-corrected chi connectivity index (χ3v) is 14.0. The van der Waals surface area contributed by atoms with E-state index in [1.165, 1.54) is 111 Å². The van der Waals surface area contributed by atoms with Crippen LogP contribution >= 0.6 is 0 Å². The minimum absolute atomic E-state index is 0.0588. The Bertz CT molecular complexity index is 3140. The molecule has 0 atom stereocenters. The maximum absolute atomic E-state index is 2.49. The SMILES string of the molecule is CC.Cc1ccc(-c2ccccc2)cc1.Cc1ccc(-c2ccccc2)cc1.Cc1ccc2c(c1)C(C)(C)c1cc3c(cc1-2)C(C)(C)c1cc(C)ccc1-3.Cc1cccc2ccccc12.Cc1ccccc1. The van der Waals surface area contributed by atoms with Crippen molar-refractivity contribution in [2.24, 2.45) is 0 Å². The van der Waals surface area contributed by atoms with Gasteiger partial charge in [-0.2, -0.15) is 0 Å². The van der Waals surface area contributed by atoms with Gasteiger partial charge in [0.1, 0.15) is 0 Å². The summed E-state index contributed by atoms with van der Waals surface area (Å²) in [5.74, 6) is 0. The van der Waals surface area contributed by atoms with Crippen LogP contribution in [-0.4, -0.2) is 0 Å². The molecule has 72 heavy (non-hydrogen) atoms. The van der Waals surface area contributed by atoms with Gasteiger partial charge < -0.3 is 0 Å². The summed E-state index contributed by atoms with van der Waals surface area (Å²) in [6.07, 6.45) is 0. The van der Waals surface area contributed by atoms with Gasteiger partial charge in [0.2, 0.25) is 0 Å². The van der Waals surface area contributed by atoms with Gasteiger partial charge in [0.05, 0.1) is 0 Å². The van der Waals surface area contributed by atoms with Crippen LogP contribution in [0.5, 0.6) is 0 Å². The summed E-state index contributed by atoms with van der Waals surface area (Å²) in [5, 5.41) is 2.68. The van der Waals surface area contributed by atoms with Crippen LogP contribution in [0.25, 0.3) is 55.3 Å². The zero-order valence-corrected chi connectivity index (χ0v) is 44.9. The highest BCUT2D eigenvalue weighted by molar-refractivity contribution is 5.90. The molecule has 0 fully saturated rings. The molecule has 0 spiro atoms. The van der Waals surface area contributed by atoms with Gasteiger partial charge in [0.15, 0.2) is 0 Å². The van der Waals surface area contributed by atoms with E-state index in [0.717, 1.165) is 0 Å². The first-order chi connectivity index (χ1) is 34.7. The molecule has 0 radical (unpaired) electrons. The molecule has 0 aliphatic heterocycles.